The number of rotatable bonds is 3. The van der Waals surface area contributed by atoms with Gasteiger partial charge < -0.3 is 15.4 Å². The Hall–Kier alpha value is -1.24. The lowest BCUT2D eigenvalue weighted by atomic mass is 9.80. The summed E-state index contributed by atoms with van der Waals surface area (Å²) in [4.78, 5) is 12.1. The Morgan fingerprint density at radius 1 is 0.952 bits per heavy atom. The third-order valence-corrected chi connectivity index (χ3v) is 3.78. The molecule has 1 amide bonds. The van der Waals surface area contributed by atoms with Crippen LogP contribution in [-0.4, -0.2) is 23.1 Å². The van der Waals surface area contributed by atoms with Gasteiger partial charge in [0.2, 0.25) is 0 Å². The molecule has 0 atom stereocenters. The number of amides is 1. The Kier molecular flexibility index (Phi) is 5.14. The lowest BCUT2D eigenvalue weighted by molar-refractivity contribution is 0.102. The number of hydrogen-bond acceptors (Lipinski definition) is 3. The molecule has 108 valence electrons. The highest BCUT2D eigenvalue weighted by Crippen LogP contribution is 2.25. The van der Waals surface area contributed by atoms with E-state index in [4.69, 9.17) is 44.9 Å². The minimum Gasteiger partial charge on any atom is -0.423 e. The fourth-order valence-corrected chi connectivity index (χ4v) is 2.23. The molecule has 0 heterocycles. The summed E-state index contributed by atoms with van der Waals surface area (Å²) >= 11 is 17.5. The van der Waals surface area contributed by atoms with E-state index in [9.17, 15) is 4.79 Å². The fraction of sp³-hybridized carbons (Fsp3) is 0. The highest BCUT2D eigenvalue weighted by atomic mass is 35.5. The molecule has 0 spiro atoms. The SMILES string of the molecule is O=C(Nc1ccc(Cl)c(Cl)c1)c1ccc(B(O)O)c(Cl)c1. The maximum atomic E-state index is 12.1. The smallest absolute Gasteiger partial charge is 0.423 e. The number of anilines is 1. The van der Waals surface area contributed by atoms with Crippen molar-refractivity contribution in [3.05, 3.63) is 57.0 Å². The zero-order chi connectivity index (χ0) is 15.6. The van der Waals surface area contributed by atoms with Gasteiger partial charge in [0.15, 0.2) is 0 Å². The standard InChI is InChI=1S/C13H9BCl3NO3/c15-10-4-2-8(6-12(10)17)18-13(19)7-1-3-9(14(20)21)11(16)5-7/h1-6,20-21H,(H,18,19). The molecule has 0 saturated carbocycles. The number of benzene rings is 2. The summed E-state index contributed by atoms with van der Waals surface area (Å²) in [5.74, 6) is -0.408. The molecule has 0 bridgehead atoms. The van der Waals surface area contributed by atoms with Crippen LogP contribution in [0.2, 0.25) is 15.1 Å². The molecule has 21 heavy (non-hydrogen) atoms. The van der Waals surface area contributed by atoms with Crippen molar-refractivity contribution in [1.82, 2.24) is 0 Å². The number of carbonyl (C=O) groups excluding carboxylic acids is 1. The molecule has 0 aliphatic heterocycles. The van der Waals surface area contributed by atoms with E-state index in [1.54, 1.807) is 12.1 Å². The second-order valence-corrected chi connectivity index (χ2v) is 5.41. The number of hydrogen-bond donors (Lipinski definition) is 3. The zero-order valence-corrected chi connectivity index (χ0v) is 12.7. The largest absolute Gasteiger partial charge is 0.489 e. The summed E-state index contributed by atoms with van der Waals surface area (Å²) in [5.41, 5.74) is 0.884. The molecule has 3 N–H and O–H groups in total. The van der Waals surface area contributed by atoms with Gasteiger partial charge in [0.25, 0.3) is 5.91 Å². The molecule has 0 saturated heterocycles. The first-order valence-corrected chi connectivity index (χ1v) is 6.94. The van der Waals surface area contributed by atoms with E-state index in [0.717, 1.165) is 0 Å². The van der Waals surface area contributed by atoms with Crippen molar-refractivity contribution in [3.8, 4) is 0 Å². The molecular weight excluding hydrogens is 335 g/mol. The summed E-state index contributed by atoms with van der Waals surface area (Å²) in [6.45, 7) is 0. The molecule has 0 aliphatic carbocycles. The molecule has 2 aromatic carbocycles. The van der Waals surface area contributed by atoms with Crippen molar-refractivity contribution in [1.29, 1.82) is 0 Å². The van der Waals surface area contributed by atoms with Gasteiger partial charge in [-0.15, -0.1) is 0 Å². The topological polar surface area (TPSA) is 69.6 Å². The first-order chi connectivity index (χ1) is 9.88. The lowest BCUT2D eigenvalue weighted by Crippen LogP contribution is -2.31. The average Bonchev–Trinajstić information content (AvgIpc) is 2.42. The van der Waals surface area contributed by atoms with Gasteiger partial charge in [-0.2, -0.15) is 0 Å². The molecule has 2 aromatic rings. The van der Waals surface area contributed by atoms with Gasteiger partial charge in [-0.05, 0) is 30.3 Å². The van der Waals surface area contributed by atoms with E-state index < -0.39 is 13.0 Å². The highest BCUT2D eigenvalue weighted by Gasteiger charge is 2.17. The fourth-order valence-electron chi connectivity index (χ4n) is 1.65. The quantitative estimate of drug-likeness (QED) is 0.750. The van der Waals surface area contributed by atoms with Crippen molar-refractivity contribution in [3.63, 3.8) is 0 Å². The first kappa shape index (κ1) is 16.1. The van der Waals surface area contributed by atoms with E-state index in [-0.39, 0.29) is 16.0 Å². The van der Waals surface area contributed by atoms with Gasteiger partial charge in [0.05, 0.1) is 10.0 Å². The minimum atomic E-state index is -1.69. The molecule has 2 rings (SSSR count). The summed E-state index contributed by atoms with van der Waals surface area (Å²) in [6.07, 6.45) is 0. The molecule has 0 fully saturated rings. The molecule has 4 nitrogen and oxygen atoms in total. The summed E-state index contributed by atoms with van der Waals surface area (Å²) < 4.78 is 0. The molecular formula is C13H9BCl3NO3. The minimum absolute atomic E-state index is 0.0896. The van der Waals surface area contributed by atoms with Gasteiger partial charge in [0.1, 0.15) is 0 Å². The van der Waals surface area contributed by atoms with Crippen molar-refractivity contribution in [2.45, 2.75) is 0 Å². The Balaban J connectivity index is 2.20. The highest BCUT2D eigenvalue weighted by molar-refractivity contribution is 6.62. The van der Waals surface area contributed by atoms with Gasteiger partial charge >= 0.3 is 7.12 Å². The Bertz CT molecular complexity index is 694. The number of nitrogens with one attached hydrogen (secondary N) is 1. The maximum Gasteiger partial charge on any atom is 0.489 e. The predicted octanol–water partition coefficient (Wildman–Crippen LogP) is 2.58. The third-order valence-electron chi connectivity index (χ3n) is 2.72. The molecule has 0 aliphatic rings. The second kappa shape index (κ2) is 6.68. The van der Waals surface area contributed by atoms with Crippen LogP contribution < -0.4 is 10.8 Å². The maximum absolute atomic E-state index is 12.1. The zero-order valence-electron chi connectivity index (χ0n) is 10.5. The Morgan fingerprint density at radius 2 is 1.67 bits per heavy atom. The van der Waals surface area contributed by atoms with Crippen LogP contribution in [-0.2, 0) is 0 Å². The molecule has 0 aromatic heterocycles. The third kappa shape index (κ3) is 3.90. The van der Waals surface area contributed by atoms with Crippen LogP contribution in [0.15, 0.2) is 36.4 Å². The van der Waals surface area contributed by atoms with Crippen LogP contribution in [0.1, 0.15) is 10.4 Å². The van der Waals surface area contributed by atoms with Crippen LogP contribution in [0, 0.1) is 0 Å². The average molecular weight is 344 g/mol. The summed E-state index contributed by atoms with van der Waals surface area (Å²) in [5, 5.41) is 21.6. The van der Waals surface area contributed by atoms with E-state index in [2.05, 4.69) is 5.32 Å². The van der Waals surface area contributed by atoms with Crippen molar-refractivity contribution >= 4 is 59.0 Å². The van der Waals surface area contributed by atoms with Gasteiger partial charge in [0, 0.05) is 21.7 Å². The van der Waals surface area contributed by atoms with Gasteiger partial charge in [-0.3, -0.25) is 4.79 Å². The van der Waals surface area contributed by atoms with Gasteiger partial charge in [-0.25, -0.2) is 0 Å². The van der Waals surface area contributed by atoms with Crippen LogP contribution in [0.3, 0.4) is 0 Å². The van der Waals surface area contributed by atoms with Crippen molar-refractivity contribution in [2.75, 3.05) is 5.32 Å². The number of carbonyl (C=O) groups is 1. The van der Waals surface area contributed by atoms with E-state index >= 15 is 0 Å². The Morgan fingerprint density at radius 3 is 2.24 bits per heavy atom. The van der Waals surface area contributed by atoms with Crippen LogP contribution in [0.5, 0.6) is 0 Å². The van der Waals surface area contributed by atoms with E-state index in [1.807, 2.05) is 0 Å². The van der Waals surface area contributed by atoms with Crippen LogP contribution in [0.4, 0.5) is 5.69 Å². The lowest BCUT2D eigenvalue weighted by Gasteiger charge is -2.08. The molecule has 0 radical (unpaired) electrons. The van der Waals surface area contributed by atoms with Crippen molar-refractivity contribution in [2.24, 2.45) is 0 Å². The summed E-state index contributed by atoms with van der Waals surface area (Å²) in [6, 6.07) is 8.86. The van der Waals surface area contributed by atoms with Gasteiger partial charge in [-0.1, -0.05) is 40.9 Å². The van der Waals surface area contributed by atoms with E-state index in [0.29, 0.717) is 15.7 Å². The first-order valence-electron chi connectivity index (χ1n) is 5.80. The molecule has 0 unspecified atom stereocenters. The predicted molar refractivity (Wildman–Crippen MR) is 85.7 cm³/mol. The number of halogens is 3. The monoisotopic (exact) mass is 343 g/mol. The summed E-state index contributed by atoms with van der Waals surface area (Å²) in [7, 11) is -1.69. The second-order valence-electron chi connectivity index (χ2n) is 4.19. The van der Waals surface area contributed by atoms with Crippen LogP contribution in [0.25, 0.3) is 0 Å². The Labute approximate surface area is 136 Å². The van der Waals surface area contributed by atoms with Crippen LogP contribution >= 0.6 is 34.8 Å². The van der Waals surface area contributed by atoms with Crippen molar-refractivity contribution < 1.29 is 14.8 Å². The normalized spacial score (nSPS) is 10.3. The molecule has 8 heteroatoms. The van der Waals surface area contributed by atoms with E-state index in [1.165, 1.54) is 24.3 Å².